The minimum atomic E-state index is -0.268. The minimum absolute atomic E-state index is 0.170. The molecule has 1 heterocycles. The first kappa shape index (κ1) is 13.8. The number of hydrazine groups is 1. The van der Waals surface area contributed by atoms with Crippen LogP contribution in [0.2, 0.25) is 5.02 Å². The molecule has 7 heteroatoms. The predicted molar refractivity (Wildman–Crippen MR) is 77.6 cm³/mol. The number of nitrogens with zero attached hydrogens (tertiary/aromatic N) is 1. The van der Waals surface area contributed by atoms with Crippen LogP contribution in [0.25, 0.3) is 0 Å². The first-order valence-corrected chi connectivity index (χ1v) is 6.81. The van der Waals surface area contributed by atoms with Crippen molar-refractivity contribution in [1.29, 1.82) is 0 Å². The van der Waals surface area contributed by atoms with Crippen LogP contribution in [0.4, 0.5) is 10.8 Å². The first-order chi connectivity index (χ1) is 9.08. The third-order valence-corrected chi connectivity index (χ3v) is 3.54. The molecule has 100 valence electrons. The minimum Gasteiger partial charge on any atom is -0.331 e. The molecule has 19 heavy (non-hydrogen) atoms. The molecule has 5 nitrogen and oxygen atoms in total. The number of nitrogens with two attached hydrogens (primary N) is 1. The van der Waals surface area contributed by atoms with Gasteiger partial charge < -0.3 is 5.32 Å². The number of halogens is 1. The van der Waals surface area contributed by atoms with E-state index in [9.17, 15) is 4.79 Å². The summed E-state index contributed by atoms with van der Waals surface area (Å²) in [5, 5.41) is 6.37. The van der Waals surface area contributed by atoms with E-state index in [1.807, 2.05) is 30.5 Å². The van der Waals surface area contributed by atoms with Crippen molar-refractivity contribution in [3.05, 3.63) is 39.9 Å². The van der Waals surface area contributed by atoms with E-state index in [4.69, 9.17) is 17.4 Å². The van der Waals surface area contributed by atoms with Crippen LogP contribution >= 0.6 is 22.9 Å². The Morgan fingerprint density at radius 1 is 1.53 bits per heavy atom. The Hall–Kier alpha value is -1.63. The second-order valence-electron chi connectivity index (χ2n) is 3.97. The SMILES string of the molecule is Cc1ccc(Cl)cc1Nc1nc(CC(=O)NN)cs1. The number of nitrogens with one attached hydrogen (secondary N) is 2. The van der Waals surface area contributed by atoms with Crippen molar-refractivity contribution in [2.45, 2.75) is 13.3 Å². The lowest BCUT2D eigenvalue weighted by Crippen LogP contribution is -2.31. The van der Waals surface area contributed by atoms with Gasteiger partial charge in [0.1, 0.15) is 0 Å². The molecule has 0 aliphatic rings. The van der Waals surface area contributed by atoms with Crippen molar-refractivity contribution in [1.82, 2.24) is 10.4 Å². The van der Waals surface area contributed by atoms with Crippen LogP contribution < -0.4 is 16.6 Å². The molecule has 0 saturated heterocycles. The Morgan fingerprint density at radius 2 is 2.32 bits per heavy atom. The molecule has 0 spiro atoms. The molecule has 0 saturated carbocycles. The van der Waals surface area contributed by atoms with Crippen molar-refractivity contribution in [3.8, 4) is 0 Å². The number of aryl methyl sites for hydroxylation is 1. The van der Waals surface area contributed by atoms with E-state index >= 15 is 0 Å². The van der Waals surface area contributed by atoms with Crippen LogP contribution in [0.3, 0.4) is 0 Å². The average Bonchev–Trinajstić information content (AvgIpc) is 2.81. The van der Waals surface area contributed by atoms with Gasteiger partial charge in [-0.3, -0.25) is 10.2 Å². The fourth-order valence-electron chi connectivity index (χ4n) is 1.51. The van der Waals surface area contributed by atoms with Gasteiger partial charge in [-0.2, -0.15) is 0 Å². The Labute approximate surface area is 119 Å². The van der Waals surface area contributed by atoms with Gasteiger partial charge in [-0.15, -0.1) is 11.3 Å². The van der Waals surface area contributed by atoms with Gasteiger partial charge in [-0.1, -0.05) is 17.7 Å². The summed E-state index contributed by atoms with van der Waals surface area (Å²) in [6, 6.07) is 5.60. The van der Waals surface area contributed by atoms with Crippen LogP contribution in [0, 0.1) is 6.92 Å². The van der Waals surface area contributed by atoms with E-state index in [1.54, 1.807) is 0 Å². The molecule has 0 radical (unpaired) electrons. The van der Waals surface area contributed by atoms with Gasteiger partial charge in [0.15, 0.2) is 5.13 Å². The monoisotopic (exact) mass is 296 g/mol. The third kappa shape index (κ3) is 3.66. The second-order valence-corrected chi connectivity index (χ2v) is 5.27. The molecule has 1 aromatic carbocycles. The van der Waals surface area contributed by atoms with Crippen molar-refractivity contribution in [3.63, 3.8) is 0 Å². The summed E-state index contributed by atoms with van der Waals surface area (Å²) < 4.78 is 0. The summed E-state index contributed by atoms with van der Waals surface area (Å²) in [6.45, 7) is 1.98. The van der Waals surface area contributed by atoms with Gasteiger partial charge in [0, 0.05) is 16.1 Å². The number of hydrogen-bond acceptors (Lipinski definition) is 5. The van der Waals surface area contributed by atoms with E-state index in [2.05, 4.69) is 15.7 Å². The standard InChI is InChI=1S/C12H13ClN4OS/c1-7-2-3-8(13)4-10(7)16-12-15-9(6-19-12)5-11(18)17-14/h2-4,6H,5,14H2,1H3,(H,15,16)(H,17,18). The number of carbonyl (C=O) groups is 1. The maximum Gasteiger partial charge on any atom is 0.239 e. The average molecular weight is 297 g/mol. The Morgan fingerprint density at radius 3 is 3.05 bits per heavy atom. The summed E-state index contributed by atoms with van der Waals surface area (Å²) in [5.74, 6) is 4.76. The summed E-state index contributed by atoms with van der Waals surface area (Å²) in [4.78, 5) is 15.5. The maximum atomic E-state index is 11.1. The van der Waals surface area contributed by atoms with Crippen molar-refractivity contribution < 1.29 is 4.79 Å². The van der Waals surface area contributed by atoms with Crippen LogP contribution in [0.5, 0.6) is 0 Å². The van der Waals surface area contributed by atoms with Gasteiger partial charge in [-0.05, 0) is 24.6 Å². The molecular formula is C12H13ClN4OS. The molecule has 1 aromatic heterocycles. The lowest BCUT2D eigenvalue weighted by atomic mass is 10.2. The summed E-state index contributed by atoms with van der Waals surface area (Å²) in [5.41, 5.74) is 4.72. The van der Waals surface area contributed by atoms with E-state index in [0.29, 0.717) is 15.8 Å². The molecule has 4 N–H and O–H groups in total. The third-order valence-electron chi connectivity index (χ3n) is 2.50. The molecule has 2 aromatic rings. The largest absolute Gasteiger partial charge is 0.331 e. The zero-order chi connectivity index (χ0) is 13.8. The van der Waals surface area contributed by atoms with Gasteiger partial charge in [0.2, 0.25) is 5.91 Å². The van der Waals surface area contributed by atoms with Crippen molar-refractivity contribution >= 4 is 39.7 Å². The fourth-order valence-corrected chi connectivity index (χ4v) is 2.40. The van der Waals surface area contributed by atoms with Crippen LogP contribution in [-0.2, 0) is 11.2 Å². The molecule has 0 unspecified atom stereocenters. The maximum absolute atomic E-state index is 11.1. The smallest absolute Gasteiger partial charge is 0.239 e. The first-order valence-electron chi connectivity index (χ1n) is 5.55. The molecule has 0 aliphatic carbocycles. The molecule has 0 bridgehead atoms. The summed E-state index contributed by atoms with van der Waals surface area (Å²) >= 11 is 7.38. The van der Waals surface area contributed by atoms with Gasteiger partial charge in [0.25, 0.3) is 0 Å². The number of amides is 1. The van der Waals surface area contributed by atoms with Crippen molar-refractivity contribution in [2.75, 3.05) is 5.32 Å². The highest BCUT2D eigenvalue weighted by molar-refractivity contribution is 7.13. The highest BCUT2D eigenvalue weighted by atomic mass is 35.5. The number of aromatic nitrogens is 1. The lowest BCUT2D eigenvalue weighted by molar-refractivity contribution is -0.120. The van der Waals surface area contributed by atoms with E-state index in [-0.39, 0.29) is 12.3 Å². The lowest BCUT2D eigenvalue weighted by Gasteiger charge is -2.06. The van der Waals surface area contributed by atoms with Crippen LogP contribution in [0.1, 0.15) is 11.3 Å². The molecule has 1 amide bonds. The number of rotatable bonds is 4. The van der Waals surface area contributed by atoms with Crippen LogP contribution in [-0.4, -0.2) is 10.9 Å². The zero-order valence-electron chi connectivity index (χ0n) is 10.2. The second kappa shape index (κ2) is 6.01. The summed E-state index contributed by atoms with van der Waals surface area (Å²) in [6.07, 6.45) is 0.170. The van der Waals surface area contributed by atoms with Gasteiger partial charge in [-0.25, -0.2) is 10.8 Å². The number of carbonyl (C=O) groups excluding carboxylic acids is 1. The molecule has 2 rings (SSSR count). The molecule has 0 fully saturated rings. The number of hydrogen-bond donors (Lipinski definition) is 3. The number of thiazole rings is 1. The van der Waals surface area contributed by atoms with E-state index in [1.165, 1.54) is 11.3 Å². The Kier molecular flexibility index (Phi) is 4.36. The van der Waals surface area contributed by atoms with E-state index < -0.39 is 0 Å². The van der Waals surface area contributed by atoms with Gasteiger partial charge >= 0.3 is 0 Å². The molecular weight excluding hydrogens is 284 g/mol. The normalized spacial score (nSPS) is 10.3. The van der Waals surface area contributed by atoms with E-state index in [0.717, 1.165) is 11.3 Å². The predicted octanol–water partition coefficient (Wildman–Crippen LogP) is 2.38. The quantitative estimate of drug-likeness (QED) is 0.460. The highest BCUT2D eigenvalue weighted by Crippen LogP contribution is 2.26. The highest BCUT2D eigenvalue weighted by Gasteiger charge is 2.07. The summed E-state index contributed by atoms with van der Waals surface area (Å²) in [7, 11) is 0. The Bertz CT molecular complexity index is 599. The van der Waals surface area contributed by atoms with Crippen molar-refractivity contribution in [2.24, 2.45) is 5.84 Å². The number of benzene rings is 1. The number of anilines is 2. The molecule has 0 aliphatic heterocycles. The topological polar surface area (TPSA) is 80.0 Å². The molecule has 0 atom stereocenters. The fraction of sp³-hybridized carbons (Fsp3) is 0.167. The Balaban J connectivity index is 2.11. The van der Waals surface area contributed by atoms with Gasteiger partial charge in [0.05, 0.1) is 12.1 Å². The zero-order valence-corrected chi connectivity index (χ0v) is 11.8. The van der Waals surface area contributed by atoms with Crippen LogP contribution in [0.15, 0.2) is 23.6 Å².